The van der Waals surface area contributed by atoms with Crippen molar-refractivity contribution in [1.82, 2.24) is 9.88 Å². The van der Waals surface area contributed by atoms with E-state index in [1.165, 1.54) is 0 Å². The van der Waals surface area contributed by atoms with Crippen LogP contribution in [0.15, 0.2) is 42.5 Å². The van der Waals surface area contributed by atoms with Crippen LogP contribution in [-0.4, -0.2) is 36.7 Å². The van der Waals surface area contributed by atoms with E-state index in [4.69, 9.17) is 14.2 Å². The van der Waals surface area contributed by atoms with E-state index in [0.29, 0.717) is 36.9 Å². The van der Waals surface area contributed by atoms with Gasteiger partial charge in [0.1, 0.15) is 0 Å². The average Bonchev–Trinajstić information content (AvgIpc) is 2.75. The van der Waals surface area contributed by atoms with Gasteiger partial charge < -0.3 is 19.1 Å². The number of methoxy groups -OCH3 is 2. The molecule has 0 spiro atoms. The minimum absolute atomic E-state index is 0.362. The summed E-state index contributed by atoms with van der Waals surface area (Å²) >= 11 is 0. The molecule has 0 N–H and O–H groups in total. The molecule has 1 amide bonds. The van der Waals surface area contributed by atoms with Crippen molar-refractivity contribution in [1.29, 1.82) is 0 Å². The molecule has 2 aromatic carbocycles. The number of rotatable bonds is 6. The molecule has 29 heavy (non-hydrogen) atoms. The Morgan fingerprint density at radius 1 is 1.10 bits per heavy atom. The van der Waals surface area contributed by atoms with Crippen LogP contribution in [0.25, 0.3) is 10.9 Å². The van der Waals surface area contributed by atoms with E-state index in [2.05, 4.69) is 24.0 Å². The number of amides is 1. The molecule has 0 unspecified atom stereocenters. The molecular weight excluding hydrogens is 368 g/mol. The summed E-state index contributed by atoms with van der Waals surface area (Å²) in [7, 11) is 3.22. The van der Waals surface area contributed by atoms with Crippen molar-refractivity contribution < 1.29 is 19.0 Å². The van der Waals surface area contributed by atoms with Gasteiger partial charge >= 0.3 is 6.09 Å². The van der Waals surface area contributed by atoms with Crippen LogP contribution in [0, 0.1) is 0 Å². The minimum Gasteiger partial charge on any atom is -0.493 e. The van der Waals surface area contributed by atoms with Crippen LogP contribution in [0.2, 0.25) is 0 Å². The highest BCUT2D eigenvalue weighted by Crippen LogP contribution is 2.30. The summed E-state index contributed by atoms with van der Waals surface area (Å²) in [5, 5.41) is 1.07. The highest BCUT2D eigenvalue weighted by molar-refractivity contribution is 5.84. The molecule has 6 nitrogen and oxygen atoms in total. The Balaban J connectivity index is 1.53. The molecule has 0 saturated carbocycles. The second-order valence-corrected chi connectivity index (χ2v) is 7.02. The van der Waals surface area contributed by atoms with Gasteiger partial charge in [0, 0.05) is 17.5 Å². The van der Waals surface area contributed by atoms with E-state index in [-0.39, 0.29) is 6.09 Å². The van der Waals surface area contributed by atoms with Gasteiger partial charge in [-0.05, 0) is 42.2 Å². The molecule has 150 valence electrons. The van der Waals surface area contributed by atoms with Gasteiger partial charge in [-0.3, -0.25) is 0 Å². The summed E-state index contributed by atoms with van der Waals surface area (Å²) in [6, 6.07) is 14.0. The molecule has 0 fully saturated rings. The number of carbonyl (C=O) groups is 1. The summed E-state index contributed by atoms with van der Waals surface area (Å²) in [6.45, 7) is 3.12. The first-order valence-electron chi connectivity index (χ1n) is 9.72. The third-order valence-electron chi connectivity index (χ3n) is 5.27. The van der Waals surface area contributed by atoms with Gasteiger partial charge in [-0.1, -0.05) is 31.2 Å². The molecule has 0 aliphatic carbocycles. The Morgan fingerprint density at radius 2 is 1.93 bits per heavy atom. The zero-order valence-electron chi connectivity index (χ0n) is 16.9. The zero-order valence-corrected chi connectivity index (χ0v) is 16.9. The maximum Gasteiger partial charge on any atom is 0.416 e. The van der Waals surface area contributed by atoms with Gasteiger partial charge in [-0.25, -0.2) is 9.78 Å². The number of ether oxygens (including phenoxy) is 3. The molecule has 0 saturated heterocycles. The number of pyridine rings is 1. The van der Waals surface area contributed by atoms with Crippen LogP contribution >= 0.6 is 0 Å². The molecule has 0 atom stereocenters. The van der Waals surface area contributed by atoms with Crippen molar-refractivity contribution in [3.8, 4) is 17.4 Å². The van der Waals surface area contributed by atoms with Gasteiger partial charge in [-0.2, -0.15) is 0 Å². The van der Waals surface area contributed by atoms with Crippen molar-refractivity contribution in [3.05, 3.63) is 59.2 Å². The molecule has 1 aliphatic rings. The lowest BCUT2D eigenvalue weighted by Crippen LogP contribution is -2.38. The van der Waals surface area contributed by atoms with Gasteiger partial charge in [-0.15, -0.1) is 0 Å². The van der Waals surface area contributed by atoms with E-state index in [9.17, 15) is 4.79 Å². The molecule has 0 bridgehead atoms. The number of nitrogens with zero attached hydrogens (tertiary/aromatic N) is 2. The number of hydrogen-bond donors (Lipinski definition) is 0. The maximum atomic E-state index is 12.5. The SMILES string of the molecule is CCc1cccc2cc3c(nc12)OC(=O)N(CCc1ccc(OC)c(OC)c1)C3. The second kappa shape index (κ2) is 7.99. The lowest BCUT2D eigenvalue weighted by molar-refractivity contribution is 0.136. The predicted octanol–water partition coefficient (Wildman–Crippen LogP) is 4.37. The maximum absolute atomic E-state index is 12.5. The molecule has 1 aromatic heterocycles. The summed E-state index contributed by atoms with van der Waals surface area (Å²) in [5.74, 6) is 1.79. The van der Waals surface area contributed by atoms with Crippen LogP contribution in [-0.2, 0) is 19.4 Å². The number of fused-ring (bicyclic) bond motifs is 2. The fourth-order valence-electron chi connectivity index (χ4n) is 3.66. The Morgan fingerprint density at radius 3 is 2.69 bits per heavy atom. The van der Waals surface area contributed by atoms with Crippen LogP contribution in [0.5, 0.6) is 17.4 Å². The Bertz CT molecular complexity index is 1060. The third kappa shape index (κ3) is 3.70. The van der Waals surface area contributed by atoms with Gasteiger partial charge in [0.15, 0.2) is 11.5 Å². The number of para-hydroxylation sites is 1. The lowest BCUT2D eigenvalue weighted by Gasteiger charge is -2.27. The summed E-state index contributed by atoms with van der Waals surface area (Å²) in [6.07, 6.45) is 1.21. The monoisotopic (exact) mass is 392 g/mol. The largest absolute Gasteiger partial charge is 0.493 e. The van der Waals surface area contributed by atoms with Crippen molar-refractivity contribution in [2.45, 2.75) is 26.3 Å². The molecule has 4 rings (SSSR count). The first-order chi connectivity index (χ1) is 14.1. The van der Waals surface area contributed by atoms with Crippen LogP contribution < -0.4 is 14.2 Å². The lowest BCUT2D eigenvalue weighted by atomic mass is 10.1. The fraction of sp³-hybridized carbons (Fsp3) is 0.304. The third-order valence-corrected chi connectivity index (χ3v) is 5.27. The molecule has 0 radical (unpaired) electrons. The smallest absolute Gasteiger partial charge is 0.416 e. The van der Waals surface area contributed by atoms with Crippen molar-refractivity contribution >= 4 is 17.0 Å². The van der Waals surface area contributed by atoms with E-state index in [1.807, 2.05) is 30.3 Å². The Kier molecular flexibility index (Phi) is 5.25. The Hall–Kier alpha value is -3.28. The number of benzene rings is 2. The zero-order chi connectivity index (χ0) is 20.4. The van der Waals surface area contributed by atoms with Crippen LogP contribution in [0.1, 0.15) is 23.6 Å². The van der Waals surface area contributed by atoms with Crippen LogP contribution in [0.3, 0.4) is 0 Å². The standard InChI is InChI=1S/C23H24N2O4/c1-4-16-6-5-7-17-13-18-14-25(23(26)29-22(18)24-21(16)17)11-10-15-8-9-19(27-2)20(12-15)28-3/h5-9,12-13H,4,10-11,14H2,1-3H3. The molecule has 1 aliphatic heterocycles. The fourth-order valence-corrected chi connectivity index (χ4v) is 3.66. The molecule has 6 heteroatoms. The normalized spacial score (nSPS) is 13.2. The van der Waals surface area contributed by atoms with E-state index < -0.39 is 0 Å². The summed E-state index contributed by atoms with van der Waals surface area (Å²) < 4.78 is 16.2. The molecule has 2 heterocycles. The Labute approximate surface area is 170 Å². The number of carbonyl (C=O) groups excluding carboxylic acids is 1. The molecule has 3 aromatic rings. The number of hydrogen-bond acceptors (Lipinski definition) is 5. The minimum atomic E-state index is -0.362. The van der Waals surface area contributed by atoms with Gasteiger partial charge in [0.05, 0.1) is 26.3 Å². The van der Waals surface area contributed by atoms with Gasteiger partial charge in [0.2, 0.25) is 5.88 Å². The summed E-state index contributed by atoms with van der Waals surface area (Å²) in [4.78, 5) is 18.8. The van der Waals surface area contributed by atoms with Crippen LogP contribution in [0.4, 0.5) is 4.79 Å². The van der Waals surface area contributed by atoms with Crippen molar-refractivity contribution in [2.75, 3.05) is 20.8 Å². The first kappa shape index (κ1) is 19.1. The predicted molar refractivity (Wildman–Crippen MR) is 111 cm³/mol. The molecular formula is C23H24N2O4. The number of aromatic nitrogens is 1. The topological polar surface area (TPSA) is 60.9 Å². The van der Waals surface area contributed by atoms with E-state index in [1.54, 1.807) is 19.1 Å². The average molecular weight is 392 g/mol. The highest BCUT2D eigenvalue weighted by Gasteiger charge is 2.26. The number of aryl methyl sites for hydroxylation is 1. The van der Waals surface area contributed by atoms with Crippen molar-refractivity contribution in [2.24, 2.45) is 0 Å². The second-order valence-electron chi connectivity index (χ2n) is 7.02. The quantitative estimate of drug-likeness (QED) is 0.623. The van der Waals surface area contributed by atoms with E-state index >= 15 is 0 Å². The van der Waals surface area contributed by atoms with E-state index in [0.717, 1.165) is 34.0 Å². The first-order valence-corrected chi connectivity index (χ1v) is 9.72. The van der Waals surface area contributed by atoms with Crippen molar-refractivity contribution in [3.63, 3.8) is 0 Å². The summed E-state index contributed by atoms with van der Waals surface area (Å²) in [5.41, 5.74) is 4.04. The van der Waals surface area contributed by atoms with Gasteiger partial charge in [0.25, 0.3) is 0 Å². The highest BCUT2D eigenvalue weighted by atomic mass is 16.6.